The van der Waals surface area contributed by atoms with Crippen LogP contribution in [0.2, 0.25) is 0 Å². The van der Waals surface area contributed by atoms with Crippen molar-refractivity contribution >= 4 is 23.2 Å². The SMILES string of the molecule is Cc1ccc(C(C)C)c(-n2c(C)csc2=NC(=O)N/C=C(\F)c2ccc(-c3ncn(-c4ccc(OC(F)(F)F)cc4)n3)cc2)c1. The zero-order valence-corrected chi connectivity index (χ0v) is 25.4. The van der Waals surface area contributed by atoms with Crippen LogP contribution in [0.1, 0.15) is 42.1 Å². The normalized spacial score (nSPS) is 12.6. The molecule has 13 heteroatoms. The number of benzene rings is 3. The van der Waals surface area contributed by atoms with E-state index in [-0.39, 0.29) is 17.2 Å². The van der Waals surface area contributed by atoms with Crippen LogP contribution < -0.4 is 14.9 Å². The molecule has 2 aromatic heterocycles. The van der Waals surface area contributed by atoms with Crippen molar-refractivity contribution in [3.63, 3.8) is 0 Å². The Kier molecular flexibility index (Phi) is 9.00. The third-order valence-electron chi connectivity index (χ3n) is 6.69. The summed E-state index contributed by atoms with van der Waals surface area (Å²) in [7, 11) is 0. The van der Waals surface area contributed by atoms with E-state index in [0.717, 1.165) is 28.7 Å². The molecule has 0 radical (unpaired) electrons. The Balaban J connectivity index is 1.28. The van der Waals surface area contributed by atoms with E-state index in [1.54, 1.807) is 12.1 Å². The van der Waals surface area contributed by atoms with Gasteiger partial charge in [-0.05, 0) is 61.2 Å². The van der Waals surface area contributed by atoms with Gasteiger partial charge in [-0.3, -0.25) is 4.57 Å². The summed E-state index contributed by atoms with van der Waals surface area (Å²) in [4.78, 5) is 21.6. The van der Waals surface area contributed by atoms with Crippen LogP contribution in [0.5, 0.6) is 5.75 Å². The minimum Gasteiger partial charge on any atom is -0.406 e. The topological polar surface area (TPSA) is 86.3 Å². The molecule has 1 N–H and O–H groups in total. The van der Waals surface area contributed by atoms with Gasteiger partial charge in [-0.2, -0.15) is 4.99 Å². The molecule has 0 fully saturated rings. The average Bonchev–Trinajstić information content (AvgIpc) is 3.62. The Morgan fingerprint density at radius 3 is 2.42 bits per heavy atom. The third kappa shape index (κ3) is 7.55. The molecule has 3 aromatic carbocycles. The van der Waals surface area contributed by atoms with Crippen molar-refractivity contribution < 1.29 is 27.1 Å². The Labute approximate surface area is 260 Å². The van der Waals surface area contributed by atoms with Crippen molar-refractivity contribution in [1.29, 1.82) is 0 Å². The third-order valence-corrected chi connectivity index (χ3v) is 7.64. The number of nitrogens with one attached hydrogen (secondary N) is 1. The Bertz CT molecular complexity index is 1920. The summed E-state index contributed by atoms with van der Waals surface area (Å²) in [6.45, 7) is 8.15. The molecule has 0 unspecified atom stereocenters. The molecule has 232 valence electrons. The van der Waals surface area contributed by atoms with Crippen LogP contribution in [0.4, 0.5) is 22.4 Å². The number of aromatic nitrogens is 4. The number of aryl methyl sites for hydroxylation is 2. The van der Waals surface area contributed by atoms with Crippen molar-refractivity contribution in [2.24, 2.45) is 4.99 Å². The lowest BCUT2D eigenvalue weighted by atomic mass is 9.99. The van der Waals surface area contributed by atoms with Crippen LogP contribution in [0.3, 0.4) is 0 Å². The summed E-state index contributed by atoms with van der Waals surface area (Å²) in [6.07, 6.45) is -2.42. The summed E-state index contributed by atoms with van der Waals surface area (Å²) in [6, 6.07) is 16.9. The molecule has 2 amide bonds. The summed E-state index contributed by atoms with van der Waals surface area (Å²) in [5, 5.41) is 8.66. The van der Waals surface area contributed by atoms with Crippen LogP contribution in [0, 0.1) is 13.8 Å². The van der Waals surface area contributed by atoms with Gasteiger partial charge < -0.3 is 10.1 Å². The van der Waals surface area contributed by atoms with Crippen molar-refractivity contribution in [2.45, 2.75) is 40.0 Å². The van der Waals surface area contributed by atoms with Gasteiger partial charge >= 0.3 is 12.4 Å². The van der Waals surface area contributed by atoms with Gasteiger partial charge in [0.2, 0.25) is 0 Å². The number of carbonyl (C=O) groups excluding carboxylic acids is 1. The lowest BCUT2D eigenvalue weighted by molar-refractivity contribution is -0.274. The highest BCUT2D eigenvalue weighted by molar-refractivity contribution is 7.07. The molecular weight excluding hydrogens is 608 g/mol. The molecule has 0 atom stereocenters. The number of urea groups is 1. The first-order chi connectivity index (χ1) is 21.4. The number of thiazole rings is 1. The van der Waals surface area contributed by atoms with Crippen LogP contribution in [-0.4, -0.2) is 31.7 Å². The zero-order valence-electron chi connectivity index (χ0n) is 24.6. The van der Waals surface area contributed by atoms with Gasteiger partial charge in [-0.1, -0.05) is 50.2 Å². The summed E-state index contributed by atoms with van der Waals surface area (Å²) >= 11 is 1.32. The largest absolute Gasteiger partial charge is 0.573 e. The number of nitrogens with zero attached hydrogens (tertiary/aromatic N) is 5. The standard InChI is InChI=1S/C32H28F4N6O2S/c1-19(2)26-14-5-20(3)15-28(26)42-21(4)17-45-31(42)39-30(43)37-16-27(33)22-6-8-23(9-7-22)29-38-18-41(40-29)24-10-12-25(13-11-24)44-32(34,35)36/h5-19H,1-4H3,(H,37,43)/b27-16-,39-31?. The van der Waals surface area contributed by atoms with E-state index in [1.807, 2.05) is 23.8 Å². The number of halogens is 4. The molecule has 8 nitrogen and oxygen atoms in total. The molecule has 0 bridgehead atoms. The van der Waals surface area contributed by atoms with Crippen molar-refractivity contribution in [3.8, 4) is 28.5 Å². The zero-order chi connectivity index (χ0) is 32.3. The number of ether oxygens (including phenoxy) is 1. The first-order valence-corrected chi connectivity index (χ1v) is 14.6. The number of hydrogen-bond donors (Lipinski definition) is 1. The van der Waals surface area contributed by atoms with E-state index in [4.69, 9.17) is 0 Å². The molecule has 45 heavy (non-hydrogen) atoms. The quantitative estimate of drug-likeness (QED) is 0.184. The van der Waals surface area contributed by atoms with Crippen LogP contribution in [0.15, 0.2) is 89.6 Å². The minimum absolute atomic E-state index is 0.210. The molecule has 0 aliphatic rings. The molecule has 5 aromatic rings. The van der Waals surface area contributed by atoms with Crippen LogP contribution >= 0.6 is 11.3 Å². The maximum absolute atomic E-state index is 15.0. The monoisotopic (exact) mass is 636 g/mol. The lowest BCUT2D eigenvalue weighted by Crippen LogP contribution is -2.22. The van der Waals surface area contributed by atoms with Gasteiger partial charge in [0.1, 0.15) is 17.9 Å². The summed E-state index contributed by atoms with van der Waals surface area (Å²) in [5.41, 5.74) is 5.33. The van der Waals surface area contributed by atoms with Gasteiger partial charge in [0, 0.05) is 28.4 Å². The van der Waals surface area contributed by atoms with Crippen molar-refractivity contribution in [2.75, 3.05) is 0 Å². The Morgan fingerprint density at radius 2 is 1.76 bits per heavy atom. The molecule has 0 saturated heterocycles. The highest BCUT2D eigenvalue weighted by Gasteiger charge is 2.31. The van der Waals surface area contributed by atoms with E-state index in [0.29, 0.717) is 21.9 Å². The smallest absolute Gasteiger partial charge is 0.406 e. The second kappa shape index (κ2) is 12.9. The fraction of sp³-hybridized carbons (Fsp3) is 0.188. The molecule has 2 heterocycles. The molecule has 0 aliphatic heterocycles. The highest BCUT2D eigenvalue weighted by Crippen LogP contribution is 2.26. The molecule has 0 aliphatic carbocycles. The molecule has 5 rings (SSSR count). The number of alkyl halides is 3. The Morgan fingerprint density at radius 1 is 1.04 bits per heavy atom. The molecule has 0 saturated carbocycles. The minimum atomic E-state index is -4.78. The van der Waals surface area contributed by atoms with E-state index >= 15 is 0 Å². The maximum Gasteiger partial charge on any atom is 0.573 e. The number of hydrogen-bond acceptors (Lipinski definition) is 5. The number of amides is 2. The van der Waals surface area contributed by atoms with E-state index < -0.39 is 18.2 Å². The summed E-state index contributed by atoms with van der Waals surface area (Å²) in [5.74, 6) is -0.454. The summed E-state index contributed by atoms with van der Waals surface area (Å²) < 4.78 is 59.4. The highest BCUT2D eigenvalue weighted by atomic mass is 32.1. The predicted octanol–water partition coefficient (Wildman–Crippen LogP) is 8.00. The number of carbonyl (C=O) groups is 1. The maximum atomic E-state index is 15.0. The van der Waals surface area contributed by atoms with Gasteiger partial charge in [-0.25, -0.2) is 18.9 Å². The first-order valence-electron chi connectivity index (χ1n) is 13.8. The number of rotatable bonds is 7. The van der Waals surface area contributed by atoms with Crippen LogP contribution in [-0.2, 0) is 0 Å². The first kappa shape index (κ1) is 31.4. The van der Waals surface area contributed by atoms with Crippen molar-refractivity contribution in [1.82, 2.24) is 24.6 Å². The van der Waals surface area contributed by atoms with Crippen molar-refractivity contribution in [3.05, 3.63) is 112 Å². The predicted molar refractivity (Wildman–Crippen MR) is 164 cm³/mol. The van der Waals surface area contributed by atoms with Gasteiger partial charge in [-0.15, -0.1) is 29.6 Å². The van der Waals surface area contributed by atoms with E-state index in [1.165, 1.54) is 58.7 Å². The second-order valence-corrected chi connectivity index (χ2v) is 11.2. The second-order valence-electron chi connectivity index (χ2n) is 10.4. The fourth-order valence-corrected chi connectivity index (χ4v) is 5.39. The van der Waals surface area contributed by atoms with Gasteiger partial charge in [0.25, 0.3) is 0 Å². The fourth-order valence-electron chi connectivity index (χ4n) is 4.53. The average molecular weight is 637 g/mol. The molecule has 0 spiro atoms. The van der Waals surface area contributed by atoms with Gasteiger partial charge in [0.15, 0.2) is 10.6 Å². The van der Waals surface area contributed by atoms with E-state index in [2.05, 4.69) is 57.2 Å². The molecular formula is C32H28F4N6O2S. The lowest BCUT2D eigenvalue weighted by Gasteiger charge is -2.16. The van der Waals surface area contributed by atoms with Crippen LogP contribution in [0.25, 0.3) is 28.6 Å². The Hall–Kier alpha value is -5.04. The van der Waals surface area contributed by atoms with E-state index in [9.17, 15) is 22.4 Å². The van der Waals surface area contributed by atoms with Gasteiger partial charge in [0.05, 0.1) is 11.4 Å².